The molecule has 0 spiro atoms. The number of anilines is 1. The van der Waals surface area contributed by atoms with Crippen molar-refractivity contribution in [1.29, 1.82) is 0 Å². The third kappa shape index (κ3) is 3.70. The van der Waals surface area contributed by atoms with Crippen LogP contribution < -0.4 is 4.72 Å². The molecule has 0 unspecified atom stereocenters. The Labute approximate surface area is 166 Å². The Morgan fingerprint density at radius 3 is 2.52 bits per heavy atom. The number of aryl methyl sites for hydroxylation is 1. The molecule has 0 aliphatic heterocycles. The van der Waals surface area contributed by atoms with Crippen LogP contribution in [0, 0.1) is 6.92 Å². The van der Waals surface area contributed by atoms with Crippen LogP contribution >= 0.6 is 0 Å². The second kappa shape index (κ2) is 7.06. The molecule has 1 heterocycles. The van der Waals surface area contributed by atoms with Crippen LogP contribution in [0.4, 0.5) is 5.69 Å². The number of benzene rings is 3. The van der Waals surface area contributed by atoms with E-state index in [1.54, 1.807) is 25.1 Å². The molecule has 146 valence electrons. The summed E-state index contributed by atoms with van der Waals surface area (Å²) in [6.45, 7) is 1.61. The zero-order chi connectivity index (χ0) is 20.6. The molecule has 2 N–H and O–H groups in total. The average Bonchev–Trinajstić information content (AvgIpc) is 3.11. The Hall–Kier alpha value is -3.65. The van der Waals surface area contributed by atoms with Gasteiger partial charge in [-0.05, 0) is 48.9 Å². The molecule has 4 aromatic rings. The number of fused-ring (bicyclic) bond motifs is 1. The van der Waals surface area contributed by atoms with Gasteiger partial charge in [-0.3, -0.25) is 4.72 Å². The number of hydrogen-bond acceptors (Lipinski definition) is 5. The molecule has 0 radical (unpaired) electrons. The third-order valence-electron chi connectivity index (χ3n) is 4.41. The maximum atomic E-state index is 12.7. The smallest absolute Gasteiger partial charge is 0.335 e. The molecule has 0 saturated heterocycles. The summed E-state index contributed by atoms with van der Waals surface area (Å²) in [4.78, 5) is 15.6. The van der Waals surface area contributed by atoms with Crippen LogP contribution in [0.2, 0.25) is 0 Å². The lowest BCUT2D eigenvalue weighted by atomic mass is 10.1. The summed E-state index contributed by atoms with van der Waals surface area (Å²) in [5, 5.41) is 9.23. The second-order valence-corrected chi connectivity index (χ2v) is 8.14. The number of carboxylic acid groups (broad SMARTS) is 1. The normalized spacial score (nSPS) is 11.5. The Morgan fingerprint density at radius 1 is 1.03 bits per heavy atom. The van der Waals surface area contributed by atoms with Gasteiger partial charge in [0.15, 0.2) is 5.58 Å². The van der Waals surface area contributed by atoms with E-state index in [-0.39, 0.29) is 16.1 Å². The van der Waals surface area contributed by atoms with Crippen molar-refractivity contribution >= 4 is 32.8 Å². The number of nitrogens with one attached hydrogen (secondary N) is 1. The van der Waals surface area contributed by atoms with Gasteiger partial charge in [-0.1, -0.05) is 24.3 Å². The first-order chi connectivity index (χ1) is 13.8. The van der Waals surface area contributed by atoms with E-state index < -0.39 is 16.0 Å². The lowest BCUT2D eigenvalue weighted by molar-refractivity contribution is 0.0696. The van der Waals surface area contributed by atoms with Crippen molar-refractivity contribution in [1.82, 2.24) is 4.98 Å². The predicted molar refractivity (Wildman–Crippen MR) is 108 cm³/mol. The van der Waals surface area contributed by atoms with Gasteiger partial charge in [-0.15, -0.1) is 0 Å². The highest BCUT2D eigenvalue weighted by molar-refractivity contribution is 7.92. The minimum Gasteiger partial charge on any atom is -0.478 e. The molecule has 4 rings (SSSR count). The number of aromatic carboxylic acids is 1. The maximum Gasteiger partial charge on any atom is 0.335 e. The monoisotopic (exact) mass is 408 g/mol. The van der Waals surface area contributed by atoms with Crippen molar-refractivity contribution in [3.63, 3.8) is 0 Å². The molecule has 0 aliphatic rings. The zero-order valence-corrected chi connectivity index (χ0v) is 16.1. The van der Waals surface area contributed by atoms with Crippen LogP contribution in [0.15, 0.2) is 76.0 Å². The van der Waals surface area contributed by atoms with E-state index in [4.69, 9.17) is 4.42 Å². The molecule has 0 atom stereocenters. The summed E-state index contributed by atoms with van der Waals surface area (Å²) in [5.41, 5.74) is 2.53. The van der Waals surface area contributed by atoms with Crippen molar-refractivity contribution in [2.75, 3.05) is 4.72 Å². The van der Waals surface area contributed by atoms with Crippen LogP contribution in [-0.2, 0) is 10.0 Å². The SMILES string of the molecule is Cc1ccc(S(=O)(=O)Nc2ccc3nc(-c4ccccc4)oc3c2)cc1C(=O)O. The van der Waals surface area contributed by atoms with E-state index in [0.717, 1.165) is 11.6 Å². The van der Waals surface area contributed by atoms with Crippen molar-refractivity contribution < 1.29 is 22.7 Å². The number of rotatable bonds is 5. The van der Waals surface area contributed by atoms with E-state index in [1.807, 2.05) is 30.3 Å². The van der Waals surface area contributed by atoms with Crippen LogP contribution in [0.3, 0.4) is 0 Å². The molecule has 0 fully saturated rings. The molecule has 8 heteroatoms. The van der Waals surface area contributed by atoms with E-state index >= 15 is 0 Å². The van der Waals surface area contributed by atoms with Gasteiger partial charge in [0.1, 0.15) is 5.52 Å². The number of nitrogens with zero attached hydrogens (tertiary/aromatic N) is 1. The minimum atomic E-state index is -3.98. The van der Waals surface area contributed by atoms with E-state index in [0.29, 0.717) is 22.6 Å². The first kappa shape index (κ1) is 18.7. The predicted octanol–water partition coefficient (Wildman–Crippen LogP) is 4.30. The Bertz CT molecular complexity index is 1330. The van der Waals surface area contributed by atoms with Gasteiger partial charge in [-0.25, -0.2) is 18.2 Å². The summed E-state index contributed by atoms with van der Waals surface area (Å²) in [6.07, 6.45) is 0. The molecular formula is C21H16N2O5S. The highest BCUT2D eigenvalue weighted by Crippen LogP contribution is 2.27. The molecule has 1 aromatic heterocycles. The number of aromatic nitrogens is 1. The van der Waals surface area contributed by atoms with Gasteiger partial charge in [-0.2, -0.15) is 0 Å². The molecule has 0 bridgehead atoms. The molecule has 0 saturated carbocycles. The number of carbonyl (C=O) groups is 1. The topological polar surface area (TPSA) is 110 Å². The molecule has 0 aliphatic carbocycles. The zero-order valence-electron chi connectivity index (χ0n) is 15.3. The van der Waals surface area contributed by atoms with Crippen molar-refractivity contribution in [3.05, 3.63) is 77.9 Å². The summed E-state index contributed by atoms with van der Waals surface area (Å²) in [6, 6.07) is 18.1. The van der Waals surface area contributed by atoms with Gasteiger partial charge >= 0.3 is 5.97 Å². The number of oxazole rings is 1. The van der Waals surface area contributed by atoms with Crippen LogP contribution in [-0.4, -0.2) is 24.5 Å². The standard InChI is InChI=1S/C21H16N2O5S/c1-13-7-9-16(12-17(13)21(24)25)29(26,27)23-15-8-10-18-19(11-15)28-20(22-18)14-5-3-2-4-6-14/h2-12,23H,1H3,(H,24,25). The fourth-order valence-electron chi connectivity index (χ4n) is 2.91. The Balaban J connectivity index is 1.67. The minimum absolute atomic E-state index is 0.0638. The lowest BCUT2D eigenvalue weighted by Gasteiger charge is -2.09. The van der Waals surface area contributed by atoms with Crippen molar-refractivity contribution in [2.45, 2.75) is 11.8 Å². The first-order valence-corrected chi connectivity index (χ1v) is 10.1. The quantitative estimate of drug-likeness (QED) is 0.509. The van der Waals surface area contributed by atoms with Gasteiger partial charge in [0, 0.05) is 11.6 Å². The van der Waals surface area contributed by atoms with Gasteiger partial charge in [0.05, 0.1) is 16.1 Å². The van der Waals surface area contributed by atoms with Crippen molar-refractivity contribution in [2.24, 2.45) is 0 Å². The second-order valence-electron chi connectivity index (χ2n) is 6.45. The van der Waals surface area contributed by atoms with E-state index in [9.17, 15) is 18.3 Å². The number of sulfonamides is 1. The fourth-order valence-corrected chi connectivity index (χ4v) is 3.98. The van der Waals surface area contributed by atoms with Crippen LogP contribution in [0.25, 0.3) is 22.6 Å². The van der Waals surface area contributed by atoms with Gasteiger partial charge in [0.25, 0.3) is 10.0 Å². The highest BCUT2D eigenvalue weighted by Gasteiger charge is 2.19. The summed E-state index contributed by atoms with van der Waals surface area (Å²) < 4.78 is 33.6. The lowest BCUT2D eigenvalue weighted by Crippen LogP contribution is -2.14. The largest absolute Gasteiger partial charge is 0.478 e. The first-order valence-electron chi connectivity index (χ1n) is 8.66. The summed E-state index contributed by atoms with van der Waals surface area (Å²) >= 11 is 0. The summed E-state index contributed by atoms with van der Waals surface area (Å²) in [5.74, 6) is -0.749. The summed E-state index contributed by atoms with van der Waals surface area (Å²) in [7, 11) is -3.98. The fraction of sp³-hybridized carbons (Fsp3) is 0.0476. The Morgan fingerprint density at radius 2 is 1.79 bits per heavy atom. The number of carboxylic acids is 1. The average molecular weight is 408 g/mol. The van der Waals surface area contributed by atoms with Crippen LogP contribution in [0.1, 0.15) is 15.9 Å². The molecule has 3 aromatic carbocycles. The Kier molecular flexibility index (Phi) is 4.56. The molecule has 0 amide bonds. The maximum absolute atomic E-state index is 12.7. The van der Waals surface area contributed by atoms with Gasteiger partial charge in [0.2, 0.25) is 5.89 Å². The van der Waals surface area contributed by atoms with E-state index in [2.05, 4.69) is 9.71 Å². The number of hydrogen-bond donors (Lipinski definition) is 2. The van der Waals surface area contributed by atoms with Crippen LogP contribution in [0.5, 0.6) is 0 Å². The molecule has 29 heavy (non-hydrogen) atoms. The van der Waals surface area contributed by atoms with E-state index in [1.165, 1.54) is 12.1 Å². The molecule has 7 nitrogen and oxygen atoms in total. The third-order valence-corrected chi connectivity index (χ3v) is 5.79. The highest BCUT2D eigenvalue weighted by atomic mass is 32.2. The molecular weight excluding hydrogens is 392 g/mol. The van der Waals surface area contributed by atoms with Gasteiger partial charge < -0.3 is 9.52 Å². The van der Waals surface area contributed by atoms with Crippen molar-refractivity contribution in [3.8, 4) is 11.5 Å².